The second-order valence-corrected chi connectivity index (χ2v) is 22.4. The van der Waals surface area contributed by atoms with E-state index in [4.69, 9.17) is 24.3 Å². The summed E-state index contributed by atoms with van der Waals surface area (Å²) < 4.78 is 33.1. The average Bonchev–Trinajstić information content (AvgIpc) is 3.41. The third kappa shape index (κ3) is 60.4. The Bertz CT molecular complexity index is 1520. The molecule has 0 fully saturated rings. The van der Waals surface area contributed by atoms with Gasteiger partial charge in [-0.1, -0.05) is 292 Å². The van der Waals surface area contributed by atoms with Gasteiger partial charge in [0.2, 0.25) is 0 Å². The number of hydrogen-bond acceptors (Lipinski definition) is 8. The zero-order valence-electron chi connectivity index (χ0n) is 49.2. The van der Waals surface area contributed by atoms with Crippen LogP contribution in [0.15, 0.2) is 85.1 Å². The third-order valence-electron chi connectivity index (χ3n) is 13.5. The molecule has 0 amide bonds. The van der Waals surface area contributed by atoms with Gasteiger partial charge in [-0.2, -0.15) is 0 Å². The summed E-state index contributed by atoms with van der Waals surface area (Å²) in [5.74, 6) is -0.822. The molecule has 9 nitrogen and oxygen atoms in total. The first kappa shape index (κ1) is 73.2. The van der Waals surface area contributed by atoms with Crippen molar-refractivity contribution in [3.8, 4) is 0 Å². The van der Waals surface area contributed by atoms with Crippen LogP contribution in [0.4, 0.5) is 0 Å². The van der Waals surface area contributed by atoms with E-state index >= 15 is 0 Å². The van der Waals surface area contributed by atoms with Gasteiger partial charge < -0.3 is 20.1 Å². The van der Waals surface area contributed by atoms with Gasteiger partial charge in [-0.25, -0.2) is 4.57 Å². The fraction of sp³-hybridized carbons (Fsp3) is 0.758. The number of unbranched alkanes of at least 4 members (excludes halogenated alkanes) is 32. The predicted molar refractivity (Wildman–Crippen MR) is 325 cm³/mol. The number of esters is 2. The van der Waals surface area contributed by atoms with Crippen LogP contribution in [0, 0.1) is 0 Å². The van der Waals surface area contributed by atoms with E-state index < -0.39 is 26.5 Å². The lowest BCUT2D eigenvalue weighted by Gasteiger charge is -2.19. The molecule has 0 bridgehead atoms. The Morgan fingerprint density at radius 3 is 1.08 bits per heavy atom. The molecule has 2 unspecified atom stereocenters. The predicted octanol–water partition coefficient (Wildman–Crippen LogP) is 20.2. The summed E-state index contributed by atoms with van der Waals surface area (Å²) in [5.41, 5.74) is 5.39. The molecular formula is C66H118NO8P. The summed E-state index contributed by atoms with van der Waals surface area (Å²) in [6, 6.07) is 0. The number of nitrogens with two attached hydrogens (primary N) is 1. The number of phosphoric acid groups is 1. The van der Waals surface area contributed by atoms with Gasteiger partial charge >= 0.3 is 19.8 Å². The zero-order valence-corrected chi connectivity index (χ0v) is 50.1. The first-order chi connectivity index (χ1) is 37.3. The van der Waals surface area contributed by atoms with Crippen LogP contribution in [0.2, 0.25) is 0 Å². The Balaban J connectivity index is 3.94. The van der Waals surface area contributed by atoms with Crippen molar-refractivity contribution in [3.05, 3.63) is 85.1 Å². The van der Waals surface area contributed by atoms with Gasteiger partial charge in [0.05, 0.1) is 13.2 Å². The highest BCUT2D eigenvalue weighted by atomic mass is 31.2. The van der Waals surface area contributed by atoms with Gasteiger partial charge in [-0.15, -0.1) is 0 Å². The molecule has 0 spiro atoms. The Labute approximate surface area is 468 Å². The van der Waals surface area contributed by atoms with E-state index in [-0.39, 0.29) is 38.6 Å². The van der Waals surface area contributed by atoms with E-state index in [2.05, 4.69) is 98.9 Å². The fourth-order valence-corrected chi connectivity index (χ4v) is 9.68. The molecule has 10 heteroatoms. The lowest BCUT2D eigenvalue weighted by Crippen LogP contribution is -2.29. The van der Waals surface area contributed by atoms with Crippen LogP contribution in [0.1, 0.15) is 290 Å². The number of carbonyl (C=O) groups is 2. The number of rotatable bonds is 59. The molecule has 76 heavy (non-hydrogen) atoms. The van der Waals surface area contributed by atoms with Gasteiger partial charge in [-0.05, 0) is 70.6 Å². The number of allylic oxidation sites excluding steroid dienone is 14. The first-order valence-electron chi connectivity index (χ1n) is 31.6. The van der Waals surface area contributed by atoms with Crippen LogP contribution in [0.3, 0.4) is 0 Å². The molecule has 2 atom stereocenters. The molecule has 3 N–H and O–H groups in total. The minimum absolute atomic E-state index is 0.0514. The van der Waals surface area contributed by atoms with Crippen LogP contribution >= 0.6 is 7.82 Å². The molecular weight excluding hydrogens is 966 g/mol. The highest BCUT2D eigenvalue weighted by Crippen LogP contribution is 2.43. The molecule has 0 aliphatic carbocycles. The molecule has 0 aliphatic heterocycles. The van der Waals surface area contributed by atoms with Crippen LogP contribution < -0.4 is 5.73 Å². The van der Waals surface area contributed by atoms with Gasteiger partial charge in [0.15, 0.2) is 6.10 Å². The van der Waals surface area contributed by atoms with Crippen LogP contribution in [0.5, 0.6) is 0 Å². The average molecular weight is 1080 g/mol. The summed E-state index contributed by atoms with van der Waals surface area (Å²) in [6.07, 6.45) is 80.8. The van der Waals surface area contributed by atoms with Crippen LogP contribution in [0.25, 0.3) is 0 Å². The molecule has 0 saturated carbocycles. The molecule has 0 aliphatic rings. The Morgan fingerprint density at radius 1 is 0.408 bits per heavy atom. The Morgan fingerprint density at radius 2 is 0.724 bits per heavy atom. The molecule has 0 heterocycles. The van der Waals surface area contributed by atoms with Crippen LogP contribution in [-0.2, 0) is 32.7 Å². The van der Waals surface area contributed by atoms with E-state index in [0.29, 0.717) is 6.42 Å². The summed E-state index contributed by atoms with van der Waals surface area (Å²) in [5, 5.41) is 0. The quantitative estimate of drug-likeness (QED) is 0.0264. The number of ether oxygens (including phenoxy) is 2. The highest BCUT2D eigenvalue weighted by Gasteiger charge is 2.26. The maximum absolute atomic E-state index is 12.7. The van der Waals surface area contributed by atoms with Crippen LogP contribution in [-0.4, -0.2) is 49.3 Å². The minimum Gasteiger partial charge on any atom is -0.462 e. The van der Waals surface area contributed by atoms with Crippen molar-refractivity contribution in [2.45, 2.75) is 296 Å². The molecule has 0 rings (SSSR count). The molecule has 0 aromatic rings. The van der Waals surface area contributed by atoms with Gasteiger partial charge in [-0.3, -0.25) is 18.6 Å². The maximum Gasteiger partial charge on any atom is 0.472 e. The van der Waals surface area contributed by atoms with E-state index in [1.165, 1.54) is 167 Å². The summed E-state index contributed by atoms with van der Waals surface area (Å²) in [4.78, 5) is 35.3. The largest absolute Gasteiger partial charge is 0.472 e. The molecule has 440 valence electrons. The minimum atomic E-state index is -4.39. The third-order valence-corrected chi connectivity index (χ3v) is 14.5. The lowest BCUT2D eigenvalue weighted by atomic mass is 10.0. The number of phosphoric ester groups is 1. The lowest BCUT2D eigenvalue weighted by molar-refractivity contribution is -0.161. The maximum atomic E-state index is 12.7. The summed E-state index contributed by atoms with van der Waals surface area (Å²) >= 11 is 0. The second-order valence-electron chi connectivity index (χ2n) is 20.9. The highest BCUT2D eigenvalue weighted by molar-refractivity contribution is 7.47. The SMILES string of the molecule is CC/C=C\C/C=C\C/C=C\C/C=C\C/C=C\C/C=C\C/C=C\CCCCCCCCCCCCCC(=O)OC(COC(=O)CCCCCCCCCCCCCCCCCCCCCCCC)COP(=O)(O)OCCN. The van der Waals surface area contributed by atoms with Crippen molar-refractivity contribution in [1.29, 1.82) is 0 Å². The first-order valence-corrected chi connectivity index (χ1v) is 33.1. The van der Waals surface area contributed by atoms with Gasteiger partial charge in [0.1, 0.15) is 6.61 Å². The summed E-state index contributed by atoms with van der Waals surface area (Å²) in [7, 11) is -4.39. The van der Waals surface area contributed by atoms with Crippen molar-refractivity contribution in [3.63, 3.8) is 0 Å². The molecule has 0 radical (unpaired) electrons. The molecule has 0 aromatic heterocycles. The van der Waals surface area contributed by atoms with Gasteiger partial charge in [0, 0.05) is 19.4 Å². The topological polar surface area (TPSA) is 134 Å². The van der Waals surface area contributed by atoms with E-state index in [1.807, 2.05) is 0 Å². The number of carbonyl (C=O) groups excluding carboxylic acids is 2. The fourth-order valence-electron chi connectivity index (χ4n) is 8.91. The molecule has 0 aromatic carbocycles. The number of hydrogen-bond donors (Lipinski definition) is 2. The van der Waals surface area contributed by atoms with E-state index in [0.717, 1.165) is 89.9 Å². The van der Waals surface area contributed by atoms with E-state index in [1.54, 1.807) is 0 Å². The Hall–Kier alpha value is -2.81. The zero-order chi connectivity index (χ0) is 55.2. The van der Waals surface area contributed by atoms with Crippen molar-refractivity contribution >= 4 is 19.8 Å². The summed E-state index contributed by atoms with van der Waals surface area (Å²) in [6.45, 7) is 3.66. The van der Waals surface area contributed by atoms with E-state index in [9.17, 15) is 19.0 Å². The Kier molecular flexibility index (Phi) is 59.1. The smallest absolute Gasteiger partial charge is 0.462 e. The van der Waals surface area contributed by atoms with Crippen molar-refractivity contribution in [1.82, 2.24) is 0 Å². The molecule has 0 saturated heterocycles. The monoisotopic (exact) mass is 1080 g/mol. The standard InChI is InChI=1S/C66H118NO8P/c1-3-5-7-9-11-13-15-17-19-21-23-25-27-28-29-30-31-32-33-34-35-36-37-39-41-43-45-47-49-51-53-55-57-59-66(69)75-64(63-74-76(70,71)73-61-60-67)62-72-65(68)58-56-54-52-50-48-46-44-42-40-38-26-24-22-20-18-16-14-12-10-8-6-4-2/h5,7,11,13,17,19,23,25,28-29,31-32,34-35,64H,3-4,6,8-10,12,14-16,18,20-22,24,26-27,30,33,36-63,67H2,1-2H3,(H,70,71)/b7-5-,13-11-,19-17-,25-23-,29-28-,32-31-,35-34-. The van der Waals surface area contributed by atoms with Crippen molar-refractivity contribution in [2.24, 2.45) is 5.73 Å². The second kappa shape index (κ2) is 61.4. The van der Waals surface area contributed by atoms with Crippen molar-refractivity contribution in [2.75, 3.05) is 26.4 Å². The van der Waals surface area contributed by atoms with Crippen molar-refractivity contribution < 1.29 is 37.6 Å². The van der Waals surface area contributed by atoms with Gasteiger partial charge in [0.25, 0.3) is 0 Å². The normalized spacial score (nSPS) is 13.6.